The van der Waals surface area contributed by atoms with E-state index in [1.54, 1.807) is 12.4 Å². The Labute approximate surface area is 93.8 Å². The van der Waals surface area contributed by atoms with Crippen molar-refractivity contribution in [2.45, 2.75) is 12.5 Å². The average Bonchev–Trinajstić information content (AvgIpc) is 2.39. The maximum atomic E-state index is 4.27. The summed E-state index contributed by atoms with van der Waals surface area (Å²) in [5, 5.41) is 11.4. The summed E-state index contributed by atoms with van der Waals surface area (Å²) in [4.78, 5) is 4.27. The van der Waals surface area contributed by atoms with Crippen LogP contribution in [-0.2, 0) is 6.42 Å². The van der Waals surface area contributed by atoms with Crippen LogP contribution >= 0.6 is 0 Å². The van der Waals surface area contributed by atoms with E-state index in [4.69, 9.17) is 0 Å². The molecule has 4 nitrogen and oxygen atoms in total. The third kappa shape index (κ3) is 1.57. The summed E-state index contributed by atoms with van der Waals surface area (Å²) in [6.07, 6.45) is 4.34. The van der Waals surface area contributed by atoms with Gasteiger partial charge in [0.1, 0.15) is 0 Å². The first-order valence-electron chi connectivity index (χ1n) is 5.40. The molecule has 0 aliphatic carbocycles. The fraction of sp³-hybridized carbons (Fsp3) is 0.250. The van der Waals surface area contributed by atoms with Crippen LogP contribution in [-0.4, -0.2) is 21.7 Å². The highest BCUT2D eigenvalue weighted by molar-refractivity contribution is 5.35. The van der Waals surface area contributed by atoms with Crippen molar-refractivity contribution in [3.8, 4) is 0 Å². The first kappa shape index (κ1) is 9.42. The molecule has 3 rings (SSSR count). The van der Waals surface area contributed by atoms with Gasteiger partial charge in [0.2, 0.25) is 0 Å². The lowest BCUT2D eigenvalue weighted by molar-refractivity contribution is 0.536. The molecular weight excluding hydrogens is 200 g/mol. The zero-order valence-corrected chi connectivity index (χ0v) is 8.80. The van der Waals surface area contributed by atoms with Crippen LogP contribution in [0.25, 0.3) is 0 Å². The molecule has 0 saturated heterocycles. The molecule has 1 unspecified atom stereocenters. The molecule has 1 aromatic heterocycles. The number of benzene rings is 1. The van der Waals surface area contributed by atoms with Crippen LogP contribution < -0.4 is 5.32 Å². The summed E-state index contributed by atoms with van der Waals surface area (Å²) < 4.78 is 0. The lowest BCUT2D eigenvalue weighted by atomic mass is 9.94. The third-order valence-corrected chi connectivity index (χ3v) is 2.87. The summed E-state index contributed by atoms with van der Waals surface area (Å²) in [6, 6.07) is 8.50. The Hall–Kier alpha value is -1.81. The number of fused-ring (bicyclic) bond motifs is 1. The summed E-state index contributed by atoms with van der Waals surface area (Å²) in [5.41, 5.74) is 2.64. The number of nitrogens with one attached hydrogen (secondary N) is 1. The minimum atomic E-state index is 0.0821. The predicted molar refractivity (Wildman–Crippen MR) is 59.8 cm³/mol. The number of rotatable bonds is 1. The van der Waals surface area contributed by atoms with Crippen molar-refractivity contribution in [3.63, 3.8) is 0 Å². The maximum absolute atomic E-state index is 4.27. The fourth-order valence-electron chi connectivity index (χ4n) is 2.13. The minimum absolute atomic E-state index is 0.0821. The van der Waals surface area contributed by atoms with Gasteiger partial charge in [-0.2, -0.15) is 5.10 Å². The molecule has 1 aromatic carbocycles. The van der Waals surface area contributed by atoms with Crippen LogP contribution in [0.1, 0.15) is 23.0 Å². The van der Waals surface area contributed by atoms with Gasteiger partial charge in [-0.15, -0.1) is 5.10 Å². The van der Waals surface area contributed by atoms with Crippen LogP contribution in [0.15, 0.2) is 36.7 Å². The van der Waals surface area contributed by atoms with Crippen LogP contribution in [0, 0.1) is 0 Å². The first-order valence-corrected chi connectivity index (χ1v) is 5.40. The van der Waals surface area contributed by atoms with E-state index in [-0.39, 0.29) is 6.04 Å². The van der Waals surface area contributed by atoms with E-state index in [9.17, 15) is 0 Å². The van der Waals surface area contributed by atoms with Crippen LogP contribution in [0.2, 0.25) is 0 Å². The molecule has 80 valence electrons. The quantitative estimate of drug-likeness (QED) is 0.769. The molecule has 2 aromatic rings. The van der Waals surface area contributed by atoms with Crippen molar-refractivity contribution in [2.24, 2.45) is 0 Å². The lowest BCUT2D eigenvalue weighted by Gasteiger charge is -2.25. The molecule has 1 atom stereocenters. The maximum Gasteiger partial charge on any atom is 0.172 e. The summed E-state index contributed by atoms with van der Waals surface area (Å²) in [7, 11) is 0. The topological polar surface area (TPSA) is 50.7 Å². The zero-order chi connectivity index (χ0) is 10.8. The molecule has 1 aliphatic heterocycles. The van der Waals surface area contributed by atoms with Gasteiger partial charge in [-0.25, -0.2) is 4.98 Å². The van der Waals surface area contributed by atoms with E-state index < -0.39 is 0 Å². The van der Waals surface area contributed by atoms with E-state index in [0.29, 0.717) is 0 Å². The minimum Gasteiger partial charge on any atom is -0.303 e. The van der Waals surface area contributed by atoms with E-state index in [1.807, 2.05) is 0 Å². The van der Waals surface area contributed by atoms with Crippen molar-refractivity contribution < 1.29 is 0 Å². The van der Waals surface area contributed by atoms with Crippen molar-refractivity contribution in [3.05, 3.63) is 53.6 Å². The van der Waals surface area contributed by atoms with E-state index >= 15 is 0 Å². The standard InChI is InChI=1S/C12H12N4/c1-2-4-10-9(3-1)5-6-13-11(10)12-14-7-8-15-16-12/h1-4,7-8,11,13H,5-6H2. The molecule has 1 N–H and O–H groups in total. The van der Waals surface area contributed by atoms with Crippen molar-refractivity contribution in [1.82, 2.24) is 20.5 Å². The molecule has 2 heterocycles. The Kier molecular flexibility index (Phi) is 2.34. The Bertz CT molecular complexity index is 483. The summed E-state index contributed by atoms with van der Waals surface area (Å²) >= 11 is 0. The van der Waals surface area contributed by atoms with Gasteiger partial charge in [0.25, 0.3) is 0 Å². The van der Waals surface area contributed by atoms with Gasteiger partial charge in [-0.1, -0.05) is 24.3 Å². The molecule has 1 aliphatic rings. The molecule has 0 spiro atoms. The van der Waals surface area contributed by atoms with Crippen molar-refractivity contribution in [1.29, 1.82) is 0 Å². The fourth-order valence-corrected chi connectivity index (χ4v) is 2.13. The second-order valence-corrected chi connectivity index (χ2v) is 3.84. The molecule has 16 heavy (non-hydrogen) atoms. The van der Waals surface area contributed by atoms with Gasteiger partial charge in [0.15, 0.2) is 5.82 Å². The van der Waals surface area contributed by atoms with Crippen molar-refractivity contribution in [2.75, 3.05) is 6.54 Å². The molecule has 0 amide bonds. The highest BCUT2D eigenvalue weighted by Gasteiger charge is 2.22. The van der Waals surface area contributed by atoms with Gasteiger partial charge in [0.05, 0.1) is 12.2 Å². The average molecular weight is 212 g/mol. The molecule has 0 saturated carbocycles. The Morgan fingerprint density at radius 3 is 3.00 bits per heavy atom. The molecular formula is C12H12N4. The molecule has 4 heteroatoms. The second-order valence-electron chi connectivity index (χ2n) is 3.84. The summed E-state index contributed by atoms with van der Waals surface area (Å²) in [5.74, 6) is 0.745. The predicted octanol–water partition coefficient (Wildman–Crippen LogP) is 1.11. The van der Waals surface area contributed by atoms with Crippen LogP contribution in [0.4, 0.5) is 0 Å². The number of aromatic nitrogens is 3. The van der Waals surface area contributed by atoms with Crippen molar-refractivity contribution >= 4 is 0 Å². The zero-order valence-electron chi connectivity index (χ0n) is 8.80. The first-order chi connectivity index (χ1) is 7.95. The van der Waals surface area contributed by atoms with Gasteiger partial charge in [0, 0.05) is 12.7 Å². The molecule has 0 fully saturated rings. The van der Waals surface area contributed by atoms with E-state index in [2.05, 4.69) is 44.8 Å². The molecule has 0 bridgehead atoms. The smallest absolute Gasteiger partial charge is 0.172 e. The molecule has 0 radical (unpaired) electrons. The monoisotopic (exact) mass is 212 g/mol. The largest absolute Gasteiger partial charge is 0.303 e. The van der Waals surface area contributed by atoms with E-state index in [0.717, 1.165) is 18.8 Å². The van der Waals surface area contributed by atoms with E-state index in [1.165, 1.54) is 11.1 Å². The number of nitrogens with zero attached hydrogens (tertiary/aromatic N) is 3. The highest BCUT2D eigenvalue weighted by atomic mass is 15.2. The van der Waals surface area contributed by atoms with Gasteiger partial charge < -0.3 is 5.32 Å². The number of hydrogen-bond donors (Lipinski definition) is 1. The normalized spacial score (nSPS) is 19.1. The third-order valence-electron chi connectivity index (χ3n) is 2.87. The lowest BCUT2D eigenvalue weighted by Crippen LogP contribution is -2.31. The van der Waals surface area contributed by atoms with Gasteiger partial charge >= 0.3 is 0 Å². The van der Waals surface area contributed by atoms with Gasteiger partial charge in [-0.3, -0.25) is 0 Å². The van der Waals surface area contributed by atoms with Crippen LogP contribution in [0.5, 0.6) is 0 Å². The Morgan fingerprint density at radius 2 is 2.12 bits per heavy atom. The Balaban J connectivity index is 2.05. The Morgan fingerprint density at radius 1 is 1.19 bits per heavy atom. The second kappa shape index (κ2) is 3.98. The van der Waals surface area contributed by atoms with Crippen LogP contribution in [0.3, 0.4) is 0 Å². The SMILES string of the molecule is c1ccc2c(c1)CCNC2c1nccnn1. The summed E-state index contributed by atoms with van der Waals surface area (Å²) in [6.45, 7) is 0.958. The van der Waals surface area contributed by atoms with Gasteiger partial charge in [-0.05, 0) is 17.5 Å². The highest BCUT2D eigenvalue weighted by Crippen LogP contribution is 2.25. The number of hydrogen-bond acceptors (Lipinski definition) is 4.